The summed E-state index contributed by atoms with van der Waals surface area (Å²) in [6, 6.07) is 1.46. The first-order valence-electron chi connectivity index (χ1n) is 7.29. The van der Waals surface area contributed by atoms with Gasteiger partial charge in [-0.05, 0) is 25.7 Å². The zero-order valence-corrected chi connectivity index (χ0v) is 12.3. The molecular formula is C14H18FN3O4. The fourth-order valence-electron chi connectivity index (χ4n) is 2.95. The molecule has 0 amide bonds. The number of nitrogens with one attached hydrogen (secondary N) is 1. The first-order chi connectivity index (χ1) is 10.4. The summed E-state index contributed by atoms with van der Waals surface area (Å²) >= 11 is 0. The van der Waals surface area contributed by atoms with E-state index in [1.165, 1.54) is 6.42 Å². The van der Waals surface area contributed by atoms with Gasteiger partial charge >= 0.3 is 5.69 Å². The van der Waals surface area contributed by atoms with Crippen LogP contribution >= 0.6 is 0 Å². The van der Waals surface area contributed by atoms with Crippen LogP contribution in [0.1, 0.15) is 39.0 Å². The van der Waals surface area contributed by atoms with E-state index in [1.54, 1.807) is 0 Å². The molecule has 0 radical (unpaired) electrons. The molecule has 1 aromatic carbocycles. The van der Waals surface area contributed by atoms with E-state index >= 15 is 0 Å². The molecule has 1 N–H and O–H groups in total. The number of hydrogen-bond acceptors (Lipinski definition) is 5. The number of nitrogens with zero attached hydrogens (tertiary/aromatic N) is 2. The summed E-state index contributed by atoms with van der Waals surface area (Å²) < 4.78 is 13.7. The summed E-state index contributed by atoms with van der Waals surface area (Å²) in [6.45, 7) is 1.90. The van der Waals surface area contributed by atoms with Crippen LogP contribution in [0.4, 0.5) is 21.5 Å². The maximum atomic E-state index is 13.7. The van der Waals surface area contributed by atoms with Crippen molar-refractivity contribution < 1.29 is 14.2 Å². The first-order valence-corrected chi connectivity index (χ1v) is 7.29. The highest BCUT2D eigenvalue weighted by Gasteiger charge is 2.27. The van der Waals surface area contributed by atoms with Gasteiger partial charge < -0.3 is 5.32 Å². The molecular weight excluding hydrogens is 293 g/mol. The molecule has 0 aromatic heterocycles. The van der Waals surface area contributed by atoms with Crippen LogP contribution in [0.3, 0.4) is 0 Å². The molecule has 1 atom stereocenters. The maximum Gasteiger partial charge on any atom is 0.311 e. The average molecular weight is 311 g/mol. The second kappa shape index (κ2) is 6.67. The van der Waals surface area contributed by atoms with Crippen molar-refractivity contribution in [1.29, 1.82) is 0 Å². The van der Waals surface area contributed by atoms with Gasteiger partial charge in [-0.15, -0.1) is 0 Å². The van der Waals surface area contributed by atoms with E-state index in [2.05, 4.69) is 5.32 Å². The van der Waals surface area contributed by atoms with E-state index in [0.29, 0.717) is 12.0 Å². The Balaban J connectivity index is 2.27. The molecule has 0 spiro atoms. The average Bonchev–Trinajstić information content (AvgIpc) is 2.47. The minimum atomic E-state index is -1.08. The van der Waals surface area contributed by atoms with Crippen molar-refractivity contribution >= 4 is 17.1 Å². The molecule has 2 rings (SSSR count). The highest BCUT2D eigenvalue weighted by atomic mass is 19.1. The Hall–Kier alpha value is -2.25. The fourth-order valence-corrected chi connectivity index (χ4v) is 2.95. The quantitative estimate of drug-likeness (QED) is 0.654. The summed E-state index contributed by atoms with van der Waals surface area (Å²) in [4.78, 5) is 20.1. The van der Waals surface area contributed by atoms with Crippen LogP contribution in [0.2, 0.25) is 0 Å². The number of nitro benzene ring substituents is 2. The number of halogens is 1. The van der Waals surface area contributed by atoms with Gasteiger partial charge in [-0.25, -0.2) is 0 Å². The summed E-state index contributed by atoms with van der Waals surface area (Å²) in [7, 11) is 0. The van der Waals surface area contributed by atoms with Gasteiger partial charge in [0.1, 0.15) is 5.69 Å². The summed E-state index contributed by atoms with van der Waals surface area (Å²) in [5.41, 5.74) is -1.37. The van der Waals surface area contributed by atoms with Crippen LogP contribution in [0.15, 0.2) is 12.1 Å². The zero-order chi connectivity index (χ0) is 16.3. The lowest BCUT2D eigenvalue weighted by atomic mass is 9.84. The topological polar surface area (TPSA) is 98.3 Å². The van der Waals surface area contributed by atoms with E-state index in [1.807, 2.05) is 6.92 Å². The van der Waals surface area contributed by atoms with Crippen molar-refractivity contribution in [3.05, 3.63) is 38.2 Å². The lowest BCUT2D eigenvalue weighted by Crippen LogP contribution is -2.28. The van der Waals surface area contributed by atoms with Gasteiger partial charge in [0.2, 0.25) is 5.82 Å². The van der Waals surface area contributed by atoms with E-state index in [9.17, 15) is 24.6 Å². The minimum Gasteiger partial charge on any atom is -0.377 e. The molecule has 22 heavy (non-hydrogen) atoms. The van der Waals surface area contributed by atoms with Gasteiger partial charge in [-0.3, -0.25) is 20.2 Å². The van der Waals surface area contributed by atoms with Gasteiger partial charge in [-0.2, -0.15) is 4.39 Å². The van der Waals surface area contributed by atoms with Crippen molar-refractivity contribution in [2.45, 2.75) is 45.1 Å². The molecule has 0 bridgehead atoms. The SMILES string of the molecule is C[C@H](Nc1cc(F)c([N+](=O)[O-])cc1[N+](=O)[O-])C1CCCCC1. The lowest BCUT2D eigenvalue weighted by molar-refractivity contribution is -0.395. The Morgan fingerprint density at radius 1 is 1.14 bits per heavy atom. The monoisotopic (exact) mass is 311 g/mol. The Morgan fingerprint density at radius 3 is 2.27 bits per heavy atom. The van der Waals surface area contributed by atoms with Gasteiger partial charge in [0, 0.05) is 12.1 Å². The third-order valence-electron chi connectivity index (χ3n) is 4.20. The molecule has 1 aliphatic carbocycles. The molecule has 120 valence electrons. The van der Waals surface area contributed by atoms with E-state index in [-0.39, 0.29) is 11.7 Å². The van der Waals surface area contributed by atoms with Gasteiger partial charge in [0.05, 0.1) is 15.9 Å². The van der Waals surface area contributed by atoms with Crippen molar-refractivity contribution in [3.63, 3.8) is 0 Å². The highest BCUT2D eigenvalue weighted by molar-refractivity contribution is 5.66. The molecule has 1 saturated carbocycles. The molecule has 0 heterocycles. The number of anilines is 1. The van der Waals surface area contributed by atoms with Gasteiger partial charge in [0.15, 0.2) is 0 Å². The molecule has 7 nitrogen and oxygen atoms in total. The number of nitro groups is 2. The zero-order valence-electron chi connectivity index (χ0n) is 12.3. The largest absolute Gasteiger partial charge is 0.377 e. The van der Waals surface area contributed by atoms with Crippen LogP contribution in [0, 0.1) is 32.0 Å². The molecule has 8 heteroatoms. The van der Waals surface area contributed by atoms with Crippen LogP contribution in [0.25, 0.3) is 0 Å². The molecule has 0 aliphatic heterocycles. The Labute approximate surface area is 126 Å². The molecule has 1 aliphatic rings. The van der Waals surface area contributed by atoms with Gasteiger partial charge in [-0.1, -0.05) is 19.3 Å². The predicted octanol–water partition coefficient (Wildman–Crippen LogP) is 4.02. The Kier molecular flexibility index (Phi) is 4.89. The molecule has 1 fully saturated rings. The molecule has 0 saturated heterocycles. The summed E-state index contributed by atoms with van der Waals surface area (Å²) in [6.07, 6.45) is 5.48. The summed E-state index contributed by atoms with van der Waals surface area (Å²) in [5.74, 6) is -0.708. The smallest absolute Gasteiger partial charge is 0.311 e. The van der Waals surface area contributed by atoms with Crippen LogP contribution in [-0.2, 0) is 0 Å². The third-order valence-corrected chi connectivity index (χ3v) is 4.20. The van der Waals surface area contributed by atoms with Crippen LogP contribution in [-0.4, -0.2) is 15.9 Å². The second-order valence-electron chi connectivity index (χ2n) is 5.67. The van der Waals surface area contributed by atoms with E-state index in [4.69, 9.17) is 0 Å². The van der Waals surface area contributed by atoms with Crippen molar-refractivity contribution in [2.75, 3.05) is 5.32 Å². The number of rotatable bonds is 5. The predicted molar refractivity (Wildman–Crippen MR) is 79.4 cm³/mol. The second-order valence-corrected chi connectivity index (χ2v) is 5.67. The maximum absolute atomic E-state index is 13.7. The standard InChI is InChI=1S/C14H18FN3O4/c1-9(10-5-3-2-4-6-10)16-12-7-11(15)13(17(19)20)8-14(12)18(21)22/h7-10,16H,2-6H2,1H3/t9-/m0/s1. The normalized spacial score (nSPS) is 17.0. The van der Waals surface area contributed by atoms with Crippen LogP contribution < -0.4 is 5.32 Å². The molecule has 1 aromatic rings. The summed E-state index contributed by atoms with van der Waals surface area (Å²) in [5, 5.41) is 24.8. The highest BCUT2D eigenvalue weighted by Crippen LogP contribution is 2.34. The third kappa shape index (κ3) is 3.49. The molecule has 0 unspecified atom stereocenters. The van der Waals surface area contributed by atoms with Crippen LogP contribution in [0.5, 0.6) is 0 Å². The number of hydrogen-bond donors (Lipinski definition) is 1. The fraction of sp³-hybridized carbons (Fsp3) is 0.571. The number of benzene rings is 1. The lowest BCUT2D eigenvalue weighted by Gasteiger charge is -2.28. The van der Waals surface area contributed by atoms with Gasteiger partial charge in [0.25, 0.3) is 5.69 Å². The van der Waals surface area contributed by atoms with E-state index in [0.717, 1.165) is 31.7 Å². The van der Waals surface area contributed by atoms with Crippen molar-refractivity contribution in [2.24, 2.45) is 5.92 Å². The Morgan fingerprint density at radius 2 is 1.73 bits per heavy atom. The van der Waals surface area contributed by atoms with E-state index < -0.39 is 27.0 Å². The van der Waals surface area contributed by atoms with Crippen molar-refractivity contribution in [3.8, 4) is 0 Å². The Bertz CT molecular complexity index is 588. The van der Waals surface area contributed by atoms with Crippen molar-refractivity contribution in [1.82, 2.24) is 0 Å². The minimum absolute atomic E-state index is 0.00817. The first kappa shape index (κ1) is 16.1.